The van der Waals surface area contributed by atoms with Gasteiger partial charge in [0, 0.05) is 17.9 Å². The van der Waals surface area contributed by atoms with Crippen LogP contribution < -0.4 is 21.2 Å². The summed E-state index contributed by atoms with van der Waals surface area (Å²) in [5.41, 5.74) is 1.09. The summed E-state index contributed by atoms with van der Waals surface area (Å²) >= 11 is 0. The molecule has 0 amide bonds. The van der Waals surface area contributed by atoms with Crippen LogP contribution in [0, 0.1) is 0 Å². The average molecular weight is 547 g/mol. The Morgan fingerprint density at radius 2 is 0.897 bits per heavy atom. The van der Waals surface area contributed by atoms with Crippen molar-refractivity contribution in [3.63, 3.8) is 0 Å². The fourth-order valence-electron chi connectivity index (χ4n) is 5.21. The molecule has 0 spiro atoms. The third kappa shape index (κ3) is 6.06. The molecule has 2 atom stereocenters. The van der Waals surface area contributed by atoms with Gasteiger partial charge in [-0.05, 0) is 37.1 Å². The van der Waals surface area contributed by atoms with Crippen LogP contribution in [0.3, 0.4) is 0 Å². The van der Waals surface area contributed by atoms with Gasteiger partial charge < -0.3 is 9.47 Å². The second-order valence-corrected chi connectivity index (χ2v) is 14.2. The summed E-state index contributed by atoms with van der Waals surface area (Å²) in [5.74, 6) is -0.794. The minimum atomic E-state index is -0.794. The zero-order valence-electron chi connectivity index (χ0n) is 21.8. The van der Waals surface area contributed by atoms with Gasteiger partial charge in [-0.1, -0.05) is 152 Å². The van der Waals surface area contributed by atoms with E-state index in [1.54, 1.807) is 0 Å². The molecular weight excluding hydrogens is 514 g/mol. The van der Waals surface area contributed by atoms with Crippen molar-refractivity contribution in [1.82, 2.24) is 0 Å². The maximum absolute atomic E-state index is 7.09. The van der Waals surface area contributed by atoms with Crippen LogP contribution >= 0.6 is 15.8 Å². The van der Waals surface area contributed by atoms with Crippen molar-refractivity contribution in [2.45, 2.75) is 11.9 Å². The highest BCUT2D eigenvalue weighted by Crippen LogP contribution is 2.48. The second kappa shape index (κ2) is 12.4. The van der Waals surface area contributed by atoms with Crippen molar-refractivity contribution >= 4 is 37.1 Å². The Morgan fingerprint density at radius 1 is 0.513 bits per heavy atom. The third-order valence-corrected chi connectivity index (χ3v) is 12.3. The Labute approximate surface area is 234 Å². The molecule has 0 aromatic heterocycles. The first-order valence-electron chi connectivity index (χ1n) is 13.4. The molecule has 0 N–H and O–H groups in total. The Hall–Kier alpha value is -3.12. The van der Waals surface area contributed by atoms with Crippen LogP contribution in [0.1, 0.15) is 5.56 Å². The van der Waals surface area contributed by atoms with Crippen molar-refractivity contribution in [1.29, 1.82) is 0 Å². The molecule has 1 fully saturated rings. The van der Waals surface area contributed by atoms with Crippen LogP contribution in [0.2, 0.25) is 0 Å². The molecule has 1 aliphatic heterocycles. The zero-order valence-corrected chi connectivity index (χ0v) is 23.6. The molecule has 0 saturated carbocycles. The number of hydrogen-bond donors (Lipinski definition) is 0. The van der Waals surface area contributed by atoms with E-state index < -0.39 is 21.6 Å². The molecule has 0 unspecified atom stereocenters. The van der Waals surface area contributed by atoms with Gasteiger partial charge in [0.05, 0.1) is 12.7 Å². The van der Waals surface area contributed by atoms with E-state index in [4.69, 9.17) is 9.47 Å². The van der Waals surface area contributed by atoms with Gasteiger partial charge in [-0.25, -0.2) is 0 Å². The summed E-state index contributed by atoms with van der Waals surface area (Å²) in [6.45, 7) is 0.583. The first kappa shape index (κ1) is 26.1. The Bertz CT molecular complexity index is 1350. The van der Waals surface area contributed by atoms with E-state index in [0.29, 0.717) is 6.61 Å². The summed E-state index contributed by atoms with van der Waals surface area (Å²) in [6.07, 6.45) is 1.69. The molecule has 194 valence electrons. The van der Waals surface area contributed by atoms with Gasteiger partial charge in [-0.2, -0.15) is 0 Å². The van der Waals surface area contributed by atoms with Crippen LogP contribution in [0.15, 0.2) is 152 Å². The monoisotopic (exact) mass is 546 g/mol. The van der Waals surface area contributed by atoms with Crippen molar-refractivity contribution in [2.24, 2.45) is 0 Å². The van der Waals surface area contributed by atoms with Crippen LogP contribution in [0.25, 0.3) is 0 Å². The van der Waals surface area contributed by atoms with E-state index >= 15 is 0 Å². The lowest BCUT2D eigenvalue weighted by Gasteiger charge is -2.33. The summed E-state index contributed by atoms with van der Waals surface area (Å²) in [6, 6.07) is 54.0. The molecule has 1 aliphatic rings. The largest absolute Gasteiger partial charge is 0.343 e. The van der Waals surface area contributed by atoms with Gasteiger partial charge in [-0.15, -0.1) is 0 Å². The van der Waals surface area contributed by atoms with Crippen molar-refractivity contribution in [2.75, 3.05) is 18.9 Å². The van der Waals surface area contributed by atoms with Crippen LogP contribution in [-0.2, 0) is 15.3 Å². The predicted octanol–water partition coefficient (Wildman–Crippen LogP) is 6.52. The normalized spacial score (nSPS) is 19.0. The van der Waals surface area contributed by atoms with Crippen LogP contribution in [0.4, 0.5) is 0 Å². The maximum Gasteiger partial charge on any atom is 0.199 e. The van der Waals surface area contributed by atoms with Crippen molar-refractivity contribution in [3.05, 3.63) is 157 Å². The fourth-order valence-corrected chi connectivity index (χ4v) is 10.1. The predicted molar refractivity (Wildman–Crippen MR) is 167 cm³/mol. The van der Waals surface area contributed by atoms with Crippen molar-refractivity contribution < 1.29 is 9.47 Å². The first-order chi connectivity index (χ1) is 19.3. The maximum atomic E-state index is 7.09. The number of rotatable bonds is 9. The molecule has 1 saturated heterocycles. The van der Waals surface area contributed by atoms with E-state index in [-0.39, 0.29) is 6.10 Å². The standard InChI is InChI=1S/C35H32O2P2/c1-6-16-29(17-7-1)35(28-39(33-22-12-4-13-23-33)34-24-14-5-15-25-34)36-26-30(37-35)27-38(31-18-8-2-9-19-31)32-20-10-3-11-21-32/h1-25,30H,26-28H2/t30-,35+/m1/s1. The molecule has 39 heavy (non-hydrogen) atoms. The zero-order chi connectivity index (χ0) is 26.3. The average Bonchev–Trinajstić information content (AvgIpc) is 3.44. The minimum Gasteiger partial charge on any atom is -0.343 e. The quantitative estimate of drug-likeness (QED) is 0.196. The number of benzene rings is 5. The first-order valence-corrected chi connectivity index (χ1v) is 16.5. The van der Waals surface area contributed by atoms with Crippen LogP contribution in [-0.4, -0.2) is 25.0 Å². The molecule has 0 bridgehead atoms. The Morgan fingerprint density at radius 3 is 1.33 bits per heavy atom. The van der Waals surface area contributed by atoms with E-state index in [1.165, 1.54) is 21.2 Å². The molecule has 0 aliphatic carbocycles. The smallest absolute Gasteiger partial charge is 0.199 e. The summed E-state index contributed by atoms with van der Waals surface area (Å²) in [4.78, 5) is 0. The summed E-state index contributed by atoms with van der Waals surface area (Å²) in [7, 11) is -1.29. The Balaban J connectivity index is 1.34. The Kier molecular flexibility index (Phi) is 8.29. The SMILES string of the molecule is c1ccc(P(C[C@H]2CO[C@](CP(c3ccccc3)c3ccccc3)(c3ccccc3)O2)c2ccccc2)cc1. The van der Waals surface area contributed by atoms with Gasteiger partial charge in [-0.3, -0.25) is 0 Å². The van der Waals surface area contributed by atoms with Gasteiger partial charge in [0.1, 0.15) is 0 Å². The van der Waals surface area contributed by atoms with E-state index in [1.807, 2.05) is 0 Å². The third-order valence-electron chi connectivity index (χ3n) is 7.10. The molecule has 6 rings (SSSR count). The molecule has 2 nitrogen and oxygen atoms in total. The minimum absolute atomic E-state index is 0.000117. The summed E-state index contributed by atoms with van der Waals surface area (Å²) < 4.78 is 13.9. The molecule has 1 heterocycles. The molecular formula is C35H32O2P2. The van der Waals surface area contributed by atoms with Crippen molar-refractivity contribution in [3.8, 4) is 0 Å². The molecule has 5 aromatic carbocycles. The fraction of sp³-hybridized carbons (Fsp3) is 0.143. The molecule has 5 aromatic rings. The van der Waals surface area contributed by atoms with E-state index in [9.17, 15) is 0 Å². The van der Waals surface area contributed by atoms with Gasteiger partial charge in [0.25, 0.3) is 0 Å². The van der Waals surface area contributed by atoms with E-state index in [2.05, 4.69) is 152 Å². The summed E-state index contributed by atoms with van der Waals surface area (Å²) in [5, 5.41) is 5.41. The molecule has 0 radical (unpaired) electrons. The lowest BCUT2D eigenvalue weighted by Crippen LogP contribution is -2.35. The topological polar surface area (TPSA) is 18.5 Å². The second-order valence-electron chi connectivity index (χ2n) is 9.71. The van der Waals surface area contributed by atoms with Crippen LogP contribution in [0.5, 0.6) is 0 Å². The highest BCUT2D eigenvalue weighted by Gasteiger charge is 2.46. The van der Waals surface area contributed by atoms with Gasteiger partial charge >= 0.3 is 0 Å². The lowest BCUT2D eigenvalue weighted by atomic mass is 10.1. The van der Waals surface area contributed by atoms with Gasteiger partial charge in [0.15, 0.2) is 5.79 Å². The number of ether oxygens (including phenoxy) is 2. The van der Waals surface area contributed by atoms with E-state index in [0.717, 1.165) is 17.9 Å². The highest BCUT2D eigenvalue weighted by molar-refractivity contribution is 7.73. The lowest BCUT2D eigenvalue weighted by molar-refractivity contribution is -0.155. The van der Waals surface area contributed by atoms with Gasteiger partial charge in [0.2, 0.25) is 0 Å². The molecule has 4 heteroatoms. The number of hydrogen-bond acceptors (Lipinski definition) is 2. The highest BCUT2D eigenvalue weighted by atomic mass is 31.1.